The number of carbonyl (C=O) groups excluding carboxylic acids is 1. The third kappa shape index (κ3) is 4.96. The van der Waals surface area contributed by atoms with Crippen LogP contribution in [0.25, 0.3) is 0 Å². The van der Waals surface area contributed by atoms with Crippen LogP contribution in [0.3, 0.4) is 0 Å². The first kappa shape index (κ1) is 23.1. The molecule has 1 atom stereocenters. The normalized spacial score (nSPS) is 19.3. The average Bonchev–Trinajstić information content (AvgIpc) is 3.30. The number of para-hydroxylation sites is 1. The summed E-state index contributed by atoms with van der Waals surface area (Å²) in [4.78, 5) is 18.0. The summed E-state index contributed by atoms with van der Waals surface area (Å²) in [5, 5.41) is 6.45. The molecule has 2 heterocycles. The zero-order chi connectivity index (χ0) is 23.4. The molecule has 0 aliphatic carbocycles. The molecule has 0 radical (unpaired) electrons. The van der Waals surface area contributed by atoms with Gasteiger partial charge in [-0.2, -0.15) is 5.10 Å². The maximum atomic E-state index is 13.5. The smallest absolute Gasteiger partial charge is 0.257 e. The maximum absolute atomic E-state index is 13.5. The minimum atomic E-state index is -0.272. The standard InChI is InChI=1S/C25H32N4O4/c1-27-11-13-28(14-12-27)17-25(30)29-22(20-10-9-18(31-2)15-24(20)33-4)16-21(26-29)19-7-5-6-8-23(19)32-3/h5-10,15,22H,11-14,16-17H2,1-4H3. The highest BCUT2D eigenvalue weighted by Crippen LogP contribution is 2.40. The minimum Gasteiger partial charge on any atom is -0.497 e. The lowest BCUT2D eigenvalue weighted by Gasteiger charge is -2.33. The van der Waals surface area contributed by atoms with Gasteiger partial charge >= 0.3 is 0 Å². The van der Waals surface area contributed by atoms with E-state index in [-0.39, 0.29) is 11.9 Å². The van der Waals surface area contributed by atoms with Gasteiger partial charge in [0.1, 0.15) is 17.2 Å². The van der Waals surface area contributed by atoms with E-state index in [0.717, 1.165) is 48.8 Å². The van der Waals surface area contributed by atoms with Crippen LogP contribution in [0, 0.1) is 0 Å². The Labute approximate surface area is 195 Å². The van der Waals surface area contributed by atoms with E-state index in [2.05, 4.69) is 16.8 Å². The third-order valence-corrected chi connectivity index (χ3v) is 6.34. The number of ether oxygens (including phenoxy) is 3. The van der Waals surface area contributed by atoms with Crippen LogP contribution in [0.2, 0.25) is 0 Å². The summed E-state index contributed by atoms with van der Waals surface area (Å²) in [6, 6.07) is 13.2. The summed E-state index contributed by atoms with van der Waals surface area (Å²) >= 11 is 0. The minimum absolute atomic E-state index is 0.0210. The number of benzene rings is 2. The van der Waals surface area contributed by atoms with Crippen LogP contribution in [0.1, 0.15) is 23.6 Å². The average molecular weight is 453 g/mol. The van der Waals surface area contributed by atoms with E-state index in [0.29, 0.717) is 24.5 Å². The molecule has 2 aromatic rings. The molecule has 33 heavy (non-hydrogen) atoms. The van der Waals surface area contributed by atoms with E-state index in [4.69, 9.17) is 19.3 Å². The van der Waals surface area contributed by atoms with Crippen molar-refractivity contribution in [1.82, 2.24) is 14.8 Å². The van der Waals surface area contributed by atoms with Crippen molar-refractivity contribution in [1.29, 1.82) is 0 Å². The summed E-state index contributed by atoms with van der Waals surface area (Å²) < 4.78 is 16.6. The topological polar surface area (TPSA) is 66.8 Å². The fourth-order valence-corrected chi connectivity index (χ4v) is 4.39. The number of likely N-dealkylation sites (N-methyl/N-ethyl adjacent to an activating group) is 1. The van der Waals surface area contributed by atoms with Crippen molar-refractivity contribution < 1.29 is 19.0 Å². The van der Waals surface area contributed by atoms with Crippen LogP contribution < -0.4 is 14.2 Å². The quantitative estimate of drug-likeness (QED) is 0.644. The number of carbonyl (C=O) groups is 1. The summed E-state index contributed by atoms with van der Waals surface area (Å²) in [5.41, 5.74) is 2.62. The largest absolute Gasteiger partial charge is 0.497 e. The summed E-state index contributed by atoms with van der Waals surface area (Å²) in [6.45, 7) is 3.99. The molecule has 0 aromatic heterocycles. The molecule has 2 aromatic carbocycles. The molecule has 4 rings (SSSR count). The maximum Gasteiger partial charge on any atom is 0.257 e. The van der Waals surface area contributed by atoms with Crippen LogP contribution in [0.4, 0.5) is 0 Å². The van der Waals surface area contributed by atoms with Gasteiger partial charge in [0.2, 0.25) is 0 Å². The summed E-state index contributed by atoms with van der Waals surface area (Å²) in [5.74, 6) is 2.10. The number of amides is 1. The van der Waals surface area contributed by atoms with Gasteiger partial charge in [-0.1, -0.05) is 12.1 Å². The number of methoxy groups -OCH3 is 3. The molecule has 2 aliphatic rings. The molecule has 8 heteroatoms. The lowest BCUT2D eigenvalue weighted by Crippen LogP contribution is -2.48. The molecule has 2 aliphatic heterocycles. The fourth-order valence-electron chi connectivity index (χ4n) is 4.39. The van der Waals surface area contributed by atoms with E-state index in [1.54, 1.807) is 26.3 Å². The Balaban J connectivity index is 1.66. The molecule has 0 N–H and O–H groups in total. The van der Waals surface area contributed by atoms with Gasteiger partial charge in [0.15, 0.2) is 0 Å². The first-order valence-electron chi connectivity index (χ1n) is 11.2. The van der Waals surface area contributed by atoms with Crippen LogP contribution in [0.15, 0.2) is 47.6 Å². The zero-order valence-corrected chi connectivity index (χ0v) is 19.8. The second-order valence-corrected chi connectivity index (χ2v) is 8.39. The number of rotatable bonds is 7. The highest BCUT2D eigenvalue weighted by atomic mass is 16.5. The number of hydrogen-bond donors (Lipinski definition) is 0. The monoisotopic (exact) mass is 452 g/mol. The molecular formula is C25H32N4O4. The highest BCUT2D eigenvalue weighted by molar-refractivity contribution is 6.05. The Bertz CT molecular complexity index is 1020. The molecule has 1 saturated heterocycles. The van der Waals surface area contributed by atoms with Gasteiger partial charge in [-0.25, -0.2) is 5.01 Å². The van der Waals surface area contributed by atoms with E-state index in [9.17, 15) is 4.79 Å². The van der Waals surface area contributed by atoms with Crippen molar-refractivity contribution in [2.24, 2.45) is 5.10 Å². The van der Waals surface area contributed by atoms with Crippen molar-refractivity contribution >= 4 is 11.6 Å². The zero-order valence-electron chi connectivity index (χ0n) is 19.8. The first-order chi connectivity index (χ1) is 16.0. The number of hydrazone groups is 1. The Morgan fingerprint density at radius 2 is 1.70 bits per heavy atom. The lowest BCUT2D eigenvalue weighted by molar-refractivity contribution is -0.134. The first-order valence-corrected chi connectivity index (χ1v) is 11.2. The van der Waals surface area contributed by atoms with E-state index in [1.807, 2.05) is 42.5 Å². The van der Waals surface area contributed by atoms with Crippen molar-refractivity contribution in [2.75, 3.05) is 61.1 Å². The number of nitrogens with zero attached hydrogens (tertiary/aromatic N) is 4. The predicted octanol–water partition coefficient (Wildman–Crippen LogP) is 2.64. The van der Waals surface area contributed by atoms with Crippen LogP contribution in [-0.2, 0) is 4.79 Å². The second-order valence-electron chi connectivity index (χ2n) is 8.39. The van der Waals surface area contributed by atoms with Crippen LogP contribution in [0.5, 0.6) is 17.2 Å². The second kappa shape index (κ2) is 10.2. The summed E-state index contributed by atoms with van der Waals surface area (Å²) in [6.07, 6.45) is 0.567. The summed E-state index contributed by atoms with van der Waals surface area (Å²) in [7, 11) is 7.01. The molecule has 1 amide bonds. The Kier molecular flexibility index (Phi) is 7.15. The fraction of sp³-hybridized carbons (Fsp3) is 0.440. The van der Waals surface area contributed by atoms with Crippen molar-refractivity contribution in [3.8, 4) is 17.2 Å². The van der Waals surface area contributed by atoms with Crippen LogP contribution >= 0.6 is 0 Å². The highest BCUT2D eigenvalue weighted by Gasteiger charge is 2.36. The molecule has 0 bridgehead atoms. The molecule has 1 fully saturated rings. The Hall–Kier alpha value is -3.10. The van der Waals surface area contributed by atoms with E-state index in [1.165, 1.54) is 0 Å². The van der Waals surface area contributed by atoms with E-state index < -0.39 is 0 Å². The van der Waals surface area contributed by atoms with Crippen molar-refractivity contribution in [2.45, 2.75) is 12.5 Å². The van der Waals surface area contributed by atoms with Gasteiger partial charge in [-0.3, -0.25) is 9.69 Å². The predicted molar refractivity (Wildman–Crippen MR) is 127 cm³/mol. The lowest BCUT2D eigenvalue weighted by atomic mass is 9.97. The Morgan fingerprint density at radius 3 is 2.39 bits per heavy atom. The Morgan fingerprint density at radius 1 is 0.970 bits per heavy atom. The van der Waals surface area contributed by atoms with Gasteiger partial charge in [-0.05, 0) is 31.3 Å². The van der Waals surface area contributed by atoms with Gasteiger partial charge in [-0.15, -0.1) is 0 Å². The van der Waals surface area contributed by atoms with Crippen molar-refractivity contribution in [3.63, 3.8) is 0 Å². The van der Waals surface area contributed by atoms with Crippen molar-refractivity contribution in [3.05, 3.63) is 53.6 Å². The number of hydrogen-bond acceptors (Lipinski definition) is 7. The van der Waals surface area contributed by atoms with Gasteiger partial charge in [0.25, 0.3) is 5.91 Å². The SMILES string of the molecule is COc1ccc(C2CC(c3ccccc3OC)=NN2C(=O)CN2CCN(C)CC2)c(OC)c1. The molecule has 0 spiro atoms. The molecule has 0 saturated carbocycles. The van der Waals surface area contributed by atoms with Crippen LogP contribution in [-0.4, -0.2) is 87.5 Å². The molecular weight excluding hydrogens is 420 g/mol. The van der Waals surface area contributed by atoms with Gasteiger partial charge in [0, 0.05) is 49.8 Å². The van der Waals surface area contributed by atoms with Gasteiger partial charge in [0.05, 0.1) is 39.6 Å². The molecule has 176 valence electrons. The molecule has 1 unspecified atom stereocenters. The third-order valence-electron chi connectivity index (χ3n) is 6.34. The number of piperazine rings is 1. The van der Waals surface area contributed by atoms with E-state index >= 15 is 0 Å². The van der Waals surface area contributed by atoms with Gasteiger partial charge < -0.3 is 19.1 Å². The molecule has 8 nitrogen and oxygen atoms in total.